The summed E-state index contributed by atoms with van der Waals surface area (Å²) in [6.45, 7) is 7.24. The van der Waals surface area contributed by atoms with Gasteiger partial charge in [0.25, 0.3) is 0 Å². The first-order valence-electron chi connectivity index (χ1n) is 7.09. The zero-order valence-corrected chi connectivity index (χ0v) is 12.8. The van der Waals surface area contributed by atoms with Crippen LogP contribution in [0.5, 0.6) is 0 Å². The van der Waals surface area contributed by atoms with E-state index >= 15 is 0 Å². The zero-order valence-electron chi connectivity index (χ0n) is 12.8. The maximum atomic E-state index is 4.56. The van der Waals surface area contributed by atoms with Gasteiger partial charge in [-0.2, -0.15) is 0 Å². The number of likely N-dealkylation sites (N-methyl/N-ethyl adjacent to an activating group) is 1. The van der Waals surface area contributed by atoms with Crippen LogP contribution < -0.4 is 0 Å². The molecule has 0 aliphatic carbocycles. The highest BCUT2D eigenvalue weighted by molar-refractivity contribution is 5.15. The fraction of sp³-hybridized carbons (Fsp3) is 0.412. The summed E-state index contributed by atoms with van der Waals surface area (Å²) >= 11 is 0. The number of nitrogens with zero attached hydrogens (tertiary/aromatic N) is 3. The Hall–Kier alpha value is -1.74. The first kappa shape index (κ1) is 14.7. The predicted octanol–water partition coefficient (Wildman–Crippen LogP) is 3.16. The van der Waals surface area contributed by atoms with Crippen molar-refractivity contribution in [3.05, 3.63) is 59.2 Å². The van der Waals surface area contributed by atoms with Crippen molar-refractivity contribution in [2.75, 3.05) is 7.05 Å². The molecule has 0 aliphatic rings. The second-order valence-electron chi connectivity index (χ2n) is 5.56. The Morgan fingerprint density at radius 1 is 1.15 bits per heavy atom. The maximum Gasteiger partial charge on any atom is 0.0547 e. The number of rotatable bonds is 5. The van der Waals surface area contributed by atoms with Crippen LogP contribution in [0.2, 0.25) is 0 Å². The molecule has 2 rings (SSSR count). The fourth-order valence-corrected chi connectivity index (χ4v) is 2.27. The molecular formula is C17H23N3. The summed E-state index contributed by atoms with van der Waals surface area (Å²) in [5.41, 5.74) is 4.62. The molecule has 0 aromatic carbocycles. The maximum absolute atomic E-state index is 4.56. The van der Waals surface area contributed by atoms with Crippen molar-refractivity contribution in [3.63, 3.8) is 0 Å². The zero-order chi connectivity index (χ0) is 14.5. The summed E-state index contributed by atoms with van der Waals surface area (Å²) < 4.78 is 0. The van der Waals surface area contributed by atoms with Gasteiger partial charge < -0.3 is 0 Å². The number of aryl methyl sites for hydroxylation is 2. The predicted molar refractivity (Wildman–Crippen MR) is 82.6 cm³/mol. The lowest BCUT2D eigenvalue weighted by Crippen LogP contribution is -2.31. The lowest BCUT2D eigenvalue weighted by atomic mass is 10.1. The molecule has 0 saturated carbocycles. The first-order chi connectivity index (χ1) is 9.54. The molecule has 0 fully saturated rings. The normalized spacial score (nSPS) is 12.7. The van der Waals surface area contributed by atoms with E-state index in [2.05, 4.69) is 54.0 Å². The summed E-state index contributed by atoms with van der Waals surface area (Å²) in [5.74, 6) is 0. The van der Waals surface area contributed by atoms with Crippen LogP contribution in [-0.2, 0) is 13.0 Å². The van der Waals surface area contributed by atoms with Gasteiger partial charge in [0.2, 0.25) is 0 Å². The molecule has 3 heteroatoms. The molecule has 0 radical (unpaired) electrons. The van der Waals surface area contributed by atoms with Crippen LogP contribution in [0, 0.1) is 13.8 Å². The molecule has 2 aromatic heterocycles. The smallest absolute Gasteiger partial charge is 0.0547 e. The Balaban J connectivity index is 1.96. The van der Waals surface area contributed by atoms with Gasteiger partial charge in [-0.25, -0.2) is 0 Å². The third kappa shape index (κ3) is 4.14. The second-order valence-corrected chi connectivity index (χ2v) is 5.56. The van der Waals surface area contributed by atoms with Crippen molar-refractivity contribution < 1.29 is 0 Å². The summed E-state index contributed by atoms with van der Waals surface area (Å²) in [7, 11) is 2.14. The van der Waals surface area contributed by atoms with E-state index in [1.807, 2.05) is 25.3 Å². The van der Waals surface area contributed by atoms with Crippen molar-refractivity contribution in [1.82, 2.24) is 14.9 Å². The monoisotopic (exact) mass is 269 g/mol. The highest BCUT2D eigenvalue weighted by Crippen LogP contribution is 2.10. The third-order valence-electron chi connectivity index (χ3n) is 3.59. The quantitative estimate of drug-likeness (QED) is 0.835. The molecule has 0 bridgehead atoms. The summed E-state index contributed by atoms with van der Waals surface area (Å²) in [5, 5.41) is 0. The molecule has 1 atom stereocenters. The van der Waals surface area contributed by atoms with Crippen LogP contribution in [0.15, 0.2) is 36.5 Å². The Kier molecular flexibility index (Phi) is 4.85. The molecule has 2 heterocycles. The van der Waals surface area contributed by atoms with Gasteiger partial charge in [-0.15, -0.1) is 0 Å². The van der Waals surface area contributed by atoms with E-state index in [0.29, 0.717) is 6.04 Å². The fourth-order valence-electron chi connectivity index (χ4n) is 2.27. The highest BCUT2D eigenvalue weighted by atomic mass is 15.1. The Labute approximate surface area is 121 Å². The number of pyridine rings is 2. The lowest BCUT2D eigenvalue weighted by molar-refractivity contribution is 0.244. The van der Waals surface area contributed by atoms with E-state index in [1.54, 1.807) is 0 Å². The van der Waals surface area contributed by atoms with Gasteiger partial charge in [-0.1, -0.05) is 6.07 Å². The Bertz CT molecular complexity index is 514. The van der Waals surface area contributed by atoms with Gasteiger partial charge in [-0.05, 0) is 57.6 Å². The van der Waals surface area contributed by atoms with Gasteiger partial charge in [0, 0.05) is 36.6 Å². The van der Waals surface area contributed by atoms with Crippen molar-refractivity contribution in [3.8, 4) is 0 Å². The van der Waals surface area contributed by atoms with E-state index in [0.717, 1.165) is 30.0 Å². The average molecular weight is 269 g/mol. The van der Waals surface area contributed by atoms with Crippen LogP contribution in [0.1, 0.15) is 29.6 Å². The van der Waals surface area contributed by atoms with E-state index in [4.69, 9.17) is 0 Å². The van der Waals surface area contributed by atoms with Gasteiger partial charge in [0.15, 0.2) is 0 Å². The molecule has 0 amide bonds. The Morgan fingerprint density at radius 2 is 1.95 bits per heavy atom. The average Bonchev–Trinajstić information content (AvgIpc) is 2.38. The summed E-state index contributed by atoms with van der Waals surface area (Å²) in [6, 6.07) is 10.8. The van der Waals surface area contributed by atoms with E-state index in [-0.39, 0.29) is 0 Å². The molecule has 0 unspecified atom stereocenters. The minimum Gasteiger partial charge on any atom is -0.297 e. The highest BCUT2D eigenvalue weighted by Gasteiger charge is 2.12. The molecule has 20 heavy (non-hydrogen) atoms. The van der Waals surface area contributed by atoms with Crippen LogP contribution in [0.3, 0.4) is 0 Å². The van der Waals surface area contributed by atoms with Crippen molar-refractivity contribution in [1.29, 1.82) is 0 Å². The second kappa shape index (κ2) is 6.62. The van der Waals surface area contributed by atoms with Crippen molar-refractivity contribution >= 4 is 0 Å². The van der Waals surface area contributed by atoms with Crippen LogP contribution in [0.4, 0.5) is 0 Å². The third-order valence-corrected chi connectivity index (χ3v) is 3.59. The molecule has 0 spiro atoms. The van der Waals surface area contributed by atoms with Gasteiger partial charge >= 0.3 is 0 Å². The molecule has 0 aliphatic heterocycles. The molecule has 2 aromatic rings. The van der Waals surface area contributed by atoms with Crippen molar-refractivity contribution in [2.45, 2.75) is 39.8 Å². The lowest BCUT2D eigenvalue weighted by Gasteiger charge is -2.24. The molecule has 106 valence electrons. The summed E-state index contributed by atoms with van der Waals surface area (Å²) in [4.78, 5) is 11.3. The van der Waals surface area contributed by atoms with Crippen molar-refractivity contribution in [2.24, 2.45) is 0 Å². The van der Waals surface area contributed by atoms with Gasteiger partial charge in [-0.3, -0.25) is 14.9 Å². The Morgan fingerprint density at radius 3 is 2.65 bits per heavy atom. The number of hydrogen-bond acceptors (Lipinski definition) is 3. The van der Waals surface area contributed by atoms with Crippen LogP contribution in [-0.4, -0.2) is 28.0 Å². The SMILES string of the molecule is Cc1ccnc(C[C@@H](C)N(C)Cc2cccc(C)n2)c1. The van der Waals surface area contributed by atoms with E-state index < -0.39 is 0 Å². The van der Waals surface area contributed by atoms with Crippen LogP contribution >= 0.6 is 0 Å². The van der Waals surface area contributed by atoms with Gasteiger partial charge in [0.05, 0.1) is 5.69 Å². The molecule has 0 saturated heterocycles. The number of aromatic nitrogens is 2. The van der Waals surface area contributed by atoms with E-state index in [9.17, 15) is 0 Å². The molecular weight excluding hydrogens is 246 g/mol. The molecule has 0 N–H and O–H groups in total. The van der Waals surface area contributed by atoms with E-state index in [1.165, 1.54) is 5.56 Å². The first-order valence-corrected chi connectivity index (χ1v) is 7.09. The topological polar surface area (TPSA) is 29.0 Å². The van der Waals surface area contributed by atoms with Crippen LogP contribution in [0.25, 0.3) is 0 Å². The minimum absolute atomic E-state index is 0.437. The molecule has 3 nitrogen and oxygen atoms in total. The largest absolute Gasteiger partial charge is 0.297 e. The number of hydrogen-bond donors (Lipinski definition) is 0. The van der Waals surface area contributed by atoms with Gasteiger partial charge in [0.1, 0.15) is 0 Å². The minimum atomic E-state index is 0.437. The summed E-state index contributed by atoms with van der Waals surface area (Å²) in [6.07, 6.45) is 2.85. The standard InChI is InChI=1S/C17H23N3/c1-13-8-9-18-17(10-13)11-15(3)20(4)12-16-7-5-6-14(2)19-16/h5-10,15H,11-12H2,1-4H3/t15-/m1/s1.